The maximum Gasteiger partial charge on any atom is 0.260 e. The van der Waals surface area contributed by atoms with Gasteiger partial charge in [-0.2, -0.15) is 0 Å². The number of nitrogens with zero attached hydrogens (tertiary/aromatic N) is 3. The lowest BCUT2D eigenvalue weighted by molar-refractivity contribution is -0.111. The molecule has 2 heterocycles. The molecule has 0 fully saturated rings. The van der Waals surface area contributed by atoms with Crippen molar-refractivity contribution >= 4 is 23.1 Å². The van der Waals surface area contributed by atoms with E-state index in [1.54, 1.807) is 18.2 Å². The molecule has 9 heteroatoms. The van der Waals surface area contributed by atoms with Gasteiger partial charge in [-0.05, 0) is 49.6 Å². The van der Waals surface area contributed by atoms with E-state index in [9.17, 15) is 19.1 Å². The molecular weight excluding hydrogens is 401 g/mol. The van der Waals surface area contributed by atoms with Crippen molar-refractivity contribution in [2.45, 2.75) is 45.5 Å². The highest BCUT2D eigenvalue weighted by atomic mass is 19.1. The van der Waals surface area contributed by atoms with Crippen LogP contribution >= 0.6 is 0 Å². The minimum atomic E-state index is -1.58. The van der Waals surface area contributed by atoms with Crippen molar-refractivity contribution in [1.29, 1.82) is 0 Å². The molecule has 3 rings (SSSR count). The van der Waals surface area contributed by atoms with Crippen LogP contribution in [0.25, 0.3) is 5.57 Å². The number of halogens is 1. The molecule has 0 saturated carbocycles. The van der Waals surface area contributed by atoms with E-state index in [1.165, 1.54) is 31.1 Å². The number of hydrogen-bond donors (Lipinski definition) is 3. The van der Waals surface area contributed by atoms with E-state index >= 15 is 0 Å². The number of carbonyl (C=O) groups excluding carboxylic acids is 2. The number of aryl methyl sites for hydroxylation is 1. The minimum Gasteiger partial charge on any atom is -0.404 e. The molecule has 1 atom stereocenters. The molecule has 0 spiro atoms. The number of carbonyl (C=O) groups is 2. The summed E-state index contributed by atoms with van der Waals surface area (Å²) < 4.78 is 14.3. The van der Waals surface area contributed by atoms with Gasteiger partial charge >= 0.3 is 0 Å². The van der Waals surface area contributed by atoms with Crippen molar-refractivity contribution in [3.8, 4) is 0 Å². The van der Waals surface area contributed by atoms with Crippen LogP contribution in [-0.4, -0.2) is 50.1 Å². The van der Waals surface area contributed by atoms with Gasteiger partial charge in [-0.1, -0.05) is 6.92 Å². The molecule has 2 amide bonds. The quantitative estimate of drug-likeness (QED) is 0.582. The first kappa shape index (κ1) is 22.4. The standard InChI is InChI=1S/C22H26FN5O3/c1-4-13-8-15-14(11-28(21(15)30)12-18(23)22(2,3)31)9-17(13)27-20(29)16(10-24)19-25-6-5-7-26-19/h5-10,18,31H,4,11-12,24H2,1-3H3,(H,27,29)/t18-/m1/s1. The van der Waals surface area contributed by atoms with Crippen LogP contribution in [0.1, 0.15) is 48.1 Å². The summed E-state index contributed by atoms with van der Waals surface area (Å²) in [5, 5.41) is 12.7. The third kappa shape index (κ3) is 4.72. The van der Waals surface area contributed by atoms with Crippen LogP contribution in [0.5, 0.6) is 0 Å². The molecule has 0 radical (unpaired) electrons. The number of amides is 2. The maximum atomic E-state index is 14.3. The molecule has 2 aromatic rings. The predicted octanol–water partition coefficient (Wildman–Crippen LogP) is 2.04. The van der Waals surface area contributed by atoms with Crippen molar-refractivity contribution in [2.24, 2.45) is 5.73 Å². The number of nitrogens with two attached hydrogens (primary N) is 1. The highest BCUT2D eigenvalue weighted by Gasteiger charge is 2.35. The summed E-state index contributed by atoms with van der Waals surface area (Å²) in [6.45, 7) is 4.62. The van der Waals surface area contributed by atoms with Gasteiger partial charge in [-0.3, -0.25) is 9.59 Å². The highest BCUT2D eigenvalue weighted by molar-refractivity contribution is 6.24. The number of rotatable bonds is 7. The lowest BCUT2D eigenvalue weighted by atomic mass is 10.0. The summed E-state index contributed by atoms with van der Waals surface area (Å²) in [6, 6.07) is 5.07. The van der Waals surface area contributed by atoms with E-state index in [2.05, 4.69) is 15.3 Å². The van der Waals surface area contributed by atoms with E-state index in [1.807, 2.05) is 6.92 Å². The van der Waals surface area contributed by atoms with Gasteiger partial charge in [0.15, 0.2) is 5.82 Å². The minimum absolute atomic E-state index is 0.117. The number of aliphatic hydroxyl groups is 1. The average molecular weight is 427 g/mol. The van der Waals surface area contributed by atoms with Crippen LogP contribution < -0.4 is 11.1 Å². The van der Waals surface area contributed by atoms with Crippen LogP contribution in [0.2, 0.25) is 0 Å². The van der Waals surface area contributed by atoms with Crippen LogP contribution in [0.15, 0.2) is 36.8 Å². The normalized spacial score (nSPS) is 15.1. The summed E-state index contributed by atoms with van der Waals surface area (Å²) in [4.78, 5) is 35.0. The molecule has 1 aromatic carbocycles. The Balaban J connectivity index is 1.84. The summed E-state index contributed by atoms with van der Waals surface area (Å²) in [6.07, 6.45) is 3.15. The number of aromatic nitrogens is 2. The number of alkyl halides is 1. The first-order valence-electron chi connectivity index (χ1n) is 9.97. The van der Waals surface area contributed by atoms with Gasteiger partial charge in [0, 0.05) is 36.4 Å². The molecule has 164 valence electrons. The van der Waals surface area contributed by atoms with E-state index in [0.717, 1.165) is 11.8 Å². The highest BCUT2D eigenvalue weighted by Crippen LogP contribution is 2.31. The zero-order chi connectivity index (χ0) is 22.8. The Morgan fingerprint density at radius 1 is 1.39 bits per heavy atom. The molecule has 31 heavy (non-hydrogen) atoms. The molecule has 0 aliphatic carbocycles. The summed E-state index contributed by atoms with van der Waals surface area (Å²) in [7, 11) is 0. The van der Waals surface area contributed by atoms with Gasteiger partial charge in [0.25, 0.3) is 11.8 Å². The molecule has 0 bridgehead atoms. The Morgan fingerprint density at radius 3 is 2.65 bits per heavy atom. The van der Waals surface area contributed by atoms with Crippen molar-refractivity contribution < 1.29 is 19.1 Å². The number of hydrogen-bond acceptors (Lipinski definition) is 6. The molecule has 1 aliphatic heterocycles. The van der Waals surface area contributed by atoms with Crippen molar-refractivity contribution in [3.63, 3.8) is 0 Å². The van der Waals surface area contributed by atoms with Gasteiger partial charge in [0.2, 0.25) is 0 Å². The lowest BCUT2D eigenvalue weighted by Gasteiger charge is -2.26. The first-order chi connectivity index (χ1) is 14.7. The molecule has 1 aliphatic rings. The van der Waals surface area contributed by atoms with Gasteiger partial charge in [0.05, 0.1) is 17.7 Å². The largest absolute Gasteiger partial charge is 0.404 e. The number of nitrogens with one attached hydrogen (secondary N) is 1. The van der Waals surface area contributed by atoms with E-state index in [0.29, 0.717) is 23.2 Å². The van der Waals surface area contributed by atoms with E-state index in [4.69, 9.17) is 5.73 Å². The van der Waals surface area contributed by atoms with Crippen molar-refractivity contribution in [1.82, 2.24) is 14.9 Å². The van der Waals surface area contributed by atoms with Crippen LogP contribution in [0, 0.1) is 0 Å². The lowest BCUT2D eigenvalue weighted by Crippen LogP contribution is -2.42. The molecule has 1 aromatic heterocycles. The monoisotopic (exact) mass is 427 g/mol. The van der Waals surface area contributed by atoms with Crippen LogP contribution in [0.4, 0.5) is 10.1 Å². The van der Waals surface area contributed by atoms with Gasteiger partial charge in [-0.25, -0.2) is 14.4 Å². The number of benzene rings is 1. The second-order valence-corrected chi connectivity index (χ2v) is 7.93. The Labute approximate surface area is 180 Å². The fourth-order valence-electron chi connectivity index (χ4n) is 3.32. The number of anilines is 1. The summed E-state index contributed by atoms with van der Waals surface area (Å²) in [5.74, 6) is -0.575. The zero-order valence-corrected chi connectivity index (χ0v) is 17.7. The topological polar surface area (TPSA) is 121 Å². The van der Waals surface area contributed by atoms with Crippen molar-refractivity contribution in [3.05, 3.63) is 59.3 Å². The van der Waals surface area contributed by atoms with Gasteiger partial charge < -0.3 is 21.1 Å². The second-order valence-electron chi connectivity index (χ2n) is 7.93. The van der Waals surface area contributed by atoms with Crippen LogP contribution in [-0.2, 0) is 17.8 Å². The van der Waals surface area contributed by atoms with Gasteiger partial charge in [0.1, 0.15) is 6.17 Å². The van der Waals surface area contributed by atoms with E-state index in [-0.39, 0.29) is 30.4 Å². The molecule has 4 N–H and O–H groups in total. The smallest absolute Gasteiger partial charge is 0.260 e. The third-order valence-electron chi connectivity index (χ3n) is 5.20. The molecule has 8 nitrogen and oxygen atoms in total. The van der Waals surface area contributed by atoms with E-state index < -0.39 is 17.7 Å². The average Bonchev–Trinajstić information content (AvgIpc) is 3.02. The first-order valence-corrected chi connectivity index (χ1v) is 9.97. The molecular formula is C22H26FN5O3. The third-order valence-corrected chi connectivity index (χ3v) is 5.20. The Morgan fingerprint density at radius 2 is 2.06 bits per heavy atom. The summed E-state index contributed by atoms with van der Waals surface area (Å²) in [5.41, 5.74) is 6.64. The van der Waals surface area contributed by atoms with Crippen molar-refractivity contribution in [2.75, 3.05) is 11.9 Å². The fraction of sp³-hybridized carbons (Fsp3) is 0.364. The van der Waals surface area contributed by atoms with Crippen LogP contribution in [0.3, 0.4) is 0 Å². The summed E-state index contributed by atoms with van der Waals surface area (Å²) >= 11 is 0. The predicted molar refractivity (Wildman–Crippen MR) is 115 cm³/mol. The Bertz CT molecular complexity index is 1020. The Kier molecular flexibility index (Phi) is 6.35. The van der Waals surface area contributed by atoms with Gasteiger partial charge in [-0.15, -0.1) is 0 Å². The zero-order valence-electron chi connectivity index (χ0n) is 17.7. The Hall–Kier alpha value is -3.33. The fourth-order valence-corrected chi connectivity index (χ4v) is 3.32. The second kappa shape index (κ2) is 8.81. The maximum absolute atomic E-state index is 14.3. The molecule has 0 unspecified atom stereocenters. The SMILES string of the molecule is CCc1cc2c(cc1NC(=O)C(=CN)c1ncccn1)CN(C[C@@H](F)C(C)(C)O)C2=O. The molecule has 0 saturated heterocycles. The number of fused-ring (bicyclic) bond motifs is 1.